The van der Waals surface area contributed by atoms with Crippen LogP contribution >= 0.6 is 15.9 Å². The van der Waals surface area contributed by atoms with E-state index < -0.39 is 11.8 Å². The number of benzene rings is 3. The second-order valence-corrected chi connectivity index (χ2v) is 8.44. The van der Waals surface area contributed by atoms with Crippen LogP contribution in [0.15, 0.2) is 70.2 Å². The molecule has 2 amide bonds. The highest BCUT2D eigenvalue weighted by Crippen LogP contribution is 2.37. The SMILES string of the molecule is CCOc1cc(/C=N/NC(=O)CNC(=O)c2ccc3c(c2)OCO3)cc(Br)c1OCc1ccccc1. The standard InChI is InChI=1S/C26H24BrN3O6/c1-2-33-23-11-18(10-20(27)25(23)34-15-17-6-4-3-5-7-17)13-29-30-24(31)14-28-26(32)19-8-9-21-22(12-19)36-16-35-21/h3-13H,2,14-16H2,1H3,(H,28,32)(H,30,31)/b29-13+. The van der Waals surface area contributed by atoms with Crippen LogP contribution in [0.4, 0.5) is 0 Å². The van der Waals surface area contributed by atoms with Crippen LogP contribution in [0.25, 0.3) is 0 Å². The van der Waals surface area contributed by atoms with Gasteiger partial charge in [0.05, 0.1) is 23.8 Å². The van der Waals surface area contributed by atoms with Gasteiger partial charge in [-0.25, -0.2) is 5.43 Å². The molecule has 0 spiro atoms. The van der Waals surface area contributed by atoms with Crippen molar-refractivity contribution in [2.75, 3.05) is 19.9 Å². The van der Waals surface area contributed by atoms with E-state index in [-0.39, 0.29) is 13.3 Å². The van der Waals surface area contributed by atoms with Crippen LogP contribution in [0.3, 0.4) is 0 Å². The quantitative estimate of drug-likeness (QED) is 0.290. The average Bonchev–Trinajstić information content (AvgIpc) is 3.36. The Bertz CT molecular complexity index is 1270. The van der Waals surface area contributed by atoms with Gasteiger partial charge in [-0.1, -0.05) is 30.3 Å². The number of ether oxygens (including phenoxy) is 4. The lowest BCUT2D eigenvalue weighted by molar-refractivity contribution is -0.120. The van der Waals surface area contributed by atoms with Crippen molar-refractivity contribution in [1.29, 1.82) is 0 Å². The van der Waals surface area contributed by atoms with Crippen LogP contribution in [0.5, 0.6) is 23.0 Å². The van der Waals surface area contributed by atoms with Crippen molar-refractivity contribution < 1.29 is 28.5 Å². The first-order valence-corrected chi connectivity index (χ1v) is 12.0. The molecular weight excluding hydrogens is 530 g/mol. The Balaban J connectivity index is 1.31. The Kier molecular flexibility index (Phi) is 8.40. The molecule has 3 aromatic carbocycles. The lowest BCUT2D eigenvalue weighted by Gasteiger charge is -2.14. The Labute approximate surface area is 216 Å². The Morgan fingerprint density at radius 2 is 1.86 bits per heavy atom. The molecule has 3 aromatic rings. The largest absolute Gasteiger partial charge is 0.490 e. The van der Waals surface area contributed by atoms with E-state index in [4.69, 9.17) is 18.9 Å². The number of hydrogen-bond donors (Lipinski definition) is 2. The molecule has 1 heterocycles. The third-order valence-electron chi connectivity index (χ3n) is 5.00. The maximum Gasteiger partial charge on any atom is 0.259 e. The van der Waals surface area contributed by atoms with E-state index in [1.165, 1.54) is 6.21 Å². The van der Waals surface area contributed by atoms with Crippen LogP contribution in [-0.2, 0) is 11.4 Å². The van der Waals surface area contributed by atoms with Gasteiger partial charge in [0.25, 0.3) is 11.8 Å². The van der Waals surface area contributed by atoms with Gasteiger partial charge >= 0.3 is 0 Å². The van der Waals surface area contributed by atoms with Crippen molar-refractivity contribution in [2.45, 2.75) is 13.5 Å². The number of nitrogens with zero attached hydrogens (tertiary/aromatic N) is 1. The predicted octanol–water partition coefficient (Wildman–Crippen LogP) is 4.04. The monoisotopic (exact) mass is 553 g/mol. The molecule has 1 aliphatic rings. The number of hydrazone groups is 1. The zero-order valence-electron chi connectivity index (χ0n) is 19.5. The topological polar surface area (TPSA) is 107 Å². The third-order valence-corrected chi connectivity index (χ3v) is 5.59. The Morgan fingerprint density at radius 3 is 2.67 bits per heavy atom. The second kappa shape index (κ2) is 12.1. The first-order chi connectivity index (χ1) is 17.5. The van der Waals surface area contributed by atoms with Crippen LogP contribution in [-0.4, -0.2) is 38.0 Å². The number of carbonyl (C=O) groups excluding carboxylic acids is 2. The molecule has 186 valence electrons. The van der Waals surface area contributed by atoms with Crippen LogP contribution in [0, 0.1) is 0 Å². The average molecular weight is 554 g/mol. The molecule has 0 fully saturated rings. The summed E-state index contributed by atoms with van der Waals surface area (Å²) in [6.45, 7) is 2.60. The van der Waals surface area contributed by atoms with Gasteiger partial charge in [0.15, 0.2) is 23.0 Å². The van der Waals surface area contributed by atoms with Gasteiger partial charge in [0.1, 0.15) is 6.61 Å². The van der Waals surface area contributed by atoms with Gasteiger partial charge in [0.2, 0.25) is 6.79 Å². The van der Waals surface area contributed by atoms with E-state index in [1.807, 2.05) is 37.3 Å². The van der Waals surface area contributed by atoms with E-state index >= 15 is 0 Å². The predicted molar refractivity (Wildman–Crippen MR) is 137 cm³/mol. The number of rotatable bonds is 10. The molecule has 0 radical (unpaired) electrons. The zero-order chi connectivity index (χ0) is 25.3. The molecule has 2 N–H and O–H groups in total. The summed E-state index contributed by atoms with van der Waals surface area (Å²) < 4.78 is 22.9. The summed E-state index contributed by atoms with van der Waals surface area (Å²) >= 11 is 3.53. The molecule has 0 aliphatic carbocycles. The molecule has 0 aromatic heterocycles. The van der Waals surface area contributed by atoms with Crippen molar-refractivity contribution in [1.82, 2.24) is 10.7 Å². The smallest absolute Gasteiger partial charge is 0.259 e. The molecule has 1 aliphatic heterocycles. The van der Waals surface area contributed by atoms with Crippen molar-refractivity contribution in [3.05, 3.63) is 81.8 Å². The molecule has 9 nitrogen and oxygen atoms in total. The van der Waals surface area contributed by atoms with E-state index in [9.17, 15) is 9.59 Å². The summed E-state index contributed by atoms with van der Waals surface area (Å²) in [5.41, 5.74) is 4.47. The van der Waals surface area contributed by atoms with Gasteiger partial charge in [-0.05, 0) is 64.3 Å². The molecular formula is C26H24BrN3O6. The first-order valence-electron chi connectivity index (χ1n) is 11.2. The first kappa shape index (κ1) is 25.1. The van der Waals surface area contributed by atoms with E-state index in [2.05, 4.69) is 31.8 Å². The van der Waals surface area contributed by atoms with E-state index in [0.29, 0.717) is 51.8 Å². The molecule has 0 atom stereocenters. The van der Waals surface area contributed by atoms with Crippen molar-refractivity contribution in [2.24, 2.45) is 5.10 Å². The summed E-state index contributed by atoms with van der Waals surface area (Å²) in [4.78, 5) is 24.4. The van der Waals surface area contributed by atoms with Crippen LogP contribution in [0.1, 0.15) is 28.4 Å². The highest BCUT2D eigenvalue weighted by atomic mass is 79.9. The fourth-order valence-corrected chi connectivity index (χ4v) is 3.89. The van der Waals surface area contributed by atoms with Gasteiger partial charge < -0.3 is 24.3 Å². The lowest BCUT2D eigenvalue weighted by atomic mass is 10.2. The Morgan fingerprint density at radius 1 is 1.06 bits per heavy atom. The summed E-state index contributed by atoms with van der Waals surface area (Å²) in [6.07, 6.45) is 1.48. The third kappa shape index (κ3) is 6.54. The molecule has 4 rings (SSSR count). The lowest BCUT2D eigenvalue weighted by Crippen LogP contribution is -2.34. The normalized spacial score (nSPS) is 11.8. The molecule has 0 bridgehead atoms. The minimum atomic E-state index is -0.479. The van der Waals surface area contributed by atoms with Crippen molar-refractivity contribution in [3.8, 4) is 23.0 Å². The van der Waals surface area contributed by atoms with E-state index in [1.54, 1.807) is 30.3 Å². The molecule has 0 saturated carbocycles. The summed E-state index contributed by atoms with van der Waals surface area (Å²) in [5.74, 6) is 1.30. The van der Waals surface area contributed by atoms with Gasteiger partial charge in [-0.2, -0.15) is 5.10 Å². The highest BCUT2D eigenvalue weighted by Gasteiger charge is 2.17. The zero-order valence-corrected chi connectivity index (χ0v) is 21.0. The maximum atomic E-state index is 12.3. The number of fused-ring (bicyclic) bond motifs is 1. The molecule has 10 heteroatoms. The second-order valence-electron chi connectivity index (χ2n) is 7.58. The van der Waals surface area contributed by atoms with Gasteiger partial charge in [0, 0.05) is 5.56 Å². The van der Waals surface area contributed by atoms with Gasteiger partial charge in [-0.15, -0.1) is 0 Å². The van der Waals surface area contributed by atoms with Crippen LogP contribution < -0.4 is 29.7 Å². The minimum Gasteiger partial charge on any atom is -0.490 e. The van der Waals surface area contributed by atoms with Crippen molar-refractivity contribution in [3.63, 3.8) is 0 Å². The maximum absolute atomic E-state index is 12.3. The minimum absolute atomic E-state index is 0.118. The summed E-state index contributed by atoms with van der Waals surface area (Å²) in [7, 11) is 0. The molecule has 0 saturated heterocycles. The number of amides is 2. The number of halogens is 1. The van der Waals surface area contributed by atoms with E-state index in [0.717, 1.165) is 5.56 Å². The fourth-order valence-electron chi connectivity index (χ4n) is 3.31. The Hall–Kier alpha value is -4.05. The summed E-state index contributed by atoms with van der Waals surface area (Å²) in [5, 5.41) is 6.52. The summed E-state index contributed by atoms with van der Waals surface area (Å²) in [6, 6.07) is 18.2. The number of hydrogen-bond acceptors (Lipinski definition) is 7. The number of carbonyl (C=O) groups is 2. The van der Waals surface area contributed by atoms with Crippen LogP contribution in [0.2, 0.25) is 0 Å². The highest BCUT2D eigenvalue weighted by molar-refractivity contribution is 9.10. The molecule has 36 heavy (non-hydrogen) atoms. The van der Waals surface area contributed by atoms with Gasteiger partial charge in [-0.3, -0.25) is 9.59 Å². The molecule has 0 unspecified atom stereocenters. The fraction of sp³-hybridized carbons (Fsp3) is 0.192. The van der Waals surface area contributed by atoms with Crippen molar-refractivity contribution >= 4 is 34.0 Å². The number of nitrogens with one attached hydrogen (secondary N) is 2.